The van der Waals surface area contributed by atoms with E-state index in [-0.39, 0.29) is 27.9 Å². The van der Waals surface area contributed by atoms with E-state index >= 15 is 0 Å². The summed E-state index contributed by atoms with van der Waals surface area (Å²) in [5.74, 6) is -1.76. The van der Waals surface area contributed by atoms with Crippen molar-refractivity contribution in [3.8, 4) is 5.69 Å². The minimum absolute atomic E-state index is 0.0517. The molecule has 0 aliphatic heterocycles. The molecule has 1 heterocycles. The van der Waals surface area contributed by atoms with Crippen LogP contribution in [0.3, 0.4) is 0 Å². The molecule has 108 valence electrons. The molecule has 0 N–H and O–H groups in total. The summed E-state index contributed by atoms with van der Waals surface area (Å²) in [5.41, 5.74) is 0.521. The summed E-state index contributed by atoms with van der Waals surface area (Å²) >= 11 is 11.5. The summed E-state index contributed by atoms with van der Waals surface area (Å²) in [7, 11) is 0. The molecule has 0 fully saturated rings. The first-order valence-electron chi connectivity index (χ1n) is 5.89. The Morgan fingerprint density at radius 2 is 1.81 bits per heavy atom. The fourth-order valence-electron chi connectivity index (χ4n) is 2.14. The first kappa shape index (κ1) is 14.2. The maximum Gasteiger partial charge on any atom is 0.147 e. The summed E-state index contributed by atoms with van der Waals surface area (Å²) in [6.45, 7) is 0. The largest absolute Gasteiger partial charge is 0.292 e. The van der Waals surface area contributed by atoms with Crippen molar-refractivity contribution in [1.82, 2.24) is 9.55 Å². The molecule has 3 rings (SSSR count). The van der Waals surface area contributed by atoms with Gasteiger partial charge in [-0.05, 0) is 18.2 Å². The molecule has 0 radical (unpaired) electrons. The van der Waals surface area contributed by atoms with Crippen molar-refractivity contribution in [2.75, 3.05) is 0 Å². The van der Waals surface area contributed by atoms with E-state index in [0.29, 0.717) is 5.52 Å². The molecule has 3 aromatic rings. The fraction of sp³-hybridized carbons (Fsp3) is 0.0714. The van der Waals surface area contributed by atoms with Gasteiger partial charge in [-0.25, -0.2) is 18.2 Å². The van der Waals surface area contributed by atoms with Gasteiger partial charge in [0.2, 0.25) is 0 Å². The molecule has 1 aromatic heterocycles. The highest BCUT2D eigenvalue weighted by molar-refractivity contribution is 6.31. The van der Waals surface area contributed by atoms with E-state index in [1.54, 1.807) is 0 Å². The molecule has 2 aromatic carbocycles. The highest BCUT2D eigenvalue weighted by Gasteiger charge is 2.17. The molecule has 0 spiro atoms. The summed E-state index contributed by atoms with van der Waals surface area (Å²) in [6.07, 6.45) is 0. The van der Waals surface area contributed by atoms with E-state index in [4.69, 9.17) is 23.2 Å². The summed E-state index contributed by atoms with van der Waals surface area (Å²) in [6, 6.07) is 5.41. The molecular formula is C14H7Cl2F3N2. The number of halogens is 5. The lowest BCUT2D eigenvalue weighted by molar-refractivity contribution is 0.592. The molecule has 7 heteroatoms. The van der Waals surface area contributed by atoms with E-state index in [2.05, 4.69) is 4.98 Å². The van der Waals surface area contributed by atoms with E-state index in [9.17, 15) is 13.2 Å². The molecule has 0 bridgehead atoms. The zero-order chi connectivity index (χ0) is 15.1. The van der Waals surface area contributed by atoms with Gasteiger partial charge in [-0.15, -0.1) is 11.6 Å². The Kier molecular flexibility index (Phi) is 3.55. The molecule has 0 aliphatic rings. The summed E-state index contributed by atoms with van der Waals surface area (Å²) in [4.78, 5) is 4.17. The molecular weight excluding hydrogens is 324 g/mol. The monoisotopic (exact) mass is 330 g/mol. The molecule has 0 aliphatic carbocycles. The number of benzene rings is 2. The average Bonchev–Trinajstić information content (AvgIpc) is 2.79. The molecule has 0 saturated carbocycles. The van der Waals surface area contributed by atoms with E-state index in [0.717, 1.165) is 24.3 Å². The maximum atomic E-state index is 14.0. The predicted octanol–water partition coefficient (Wildman–Crippen LogP) is 4.84. The first-order valence-corrected chi connectivity index (χ1v) is 6.80. The lowest BCUT2D eigenvalue weighted by Crippen LogP contribution is -2.03. The second kappa shape index (κ2) is 5.24. The van der Waals surface area contributed by atoms with Gasteiger partial charge in [-0.2, -0.15) is 0 Å². The molecule has 0 unspecified atom stereocenters. The Labute approximate surface area is 127 Å². The third-order valence-corrected chi connectivity index (χ3v) is 3.56. The second-order valence-electron chi connectivity index (χ2n) is 4.35. The van der Waals surface area contributed by atoms with Crippen LogP contribution in [-0.2, 0) is 5.88 Å². The quantitative estimate of drug-likeness (QED) is 0.615. The van der Waals surface area contributed by atoms with Crippen LogP contribution >= 0.6 is 23.2 Å². The van der Waals surface area contributed by atoms with Crippen LogP contribution in [0.2, 0.25) is 5.02 Å². The second-order valence-corrected chi connectivity index (χ2v) is 5.02. The Hall–Kier alpha value is -1.72. The van der Waals surface area contributed by atoms with Crippen molar-refractivity contribution in [2.45, 2.75) is 5.88 Å². The SMILES string of the molecule is Fc1ccc(F)c(-n2c(CCl)nc3cc(Cl)c(F)cc32)c1. The zero-order valence-electron chi connectivity index (χ0n) is 10.4. The number of hydrogen-bond donors (Lipinski definition) is 0. The summed E-state index contributed by atoms with van der Waals surface area (Å²) in [5, 5.41) is -0.104. The normalized spacial score (nSPS) is 11.3. The number of fused-ring (bicyclic) bond motifs is 1. The van der Waals surface area contributed by atoms with Crippen molar-refractivity contribution in [3.05, 3.63) is 58.6 Å². The highest BCUT2D eigenvalue weighted by Crippen LogP contribution is 2.28. The van der Waals surface area contributed by atoms with Crippen LogP contribution in [0.5, 0.6) is 0 Å². The van der Waals surface area contributed by atoms with Gasteiger partial charge in [0.1, 0.15) is 23.3 Å². The van der Waals surface area contributed by atoms with Crippen LogP contribution in [-0.4, -0.2) is 9.55 Å². The summed E-state index contributed by atoms with van der Waals surface area (Å²) < 4.78 is 42.3. The topological polar surface area (TPSA) is 17.8 Å². The Bertz CT molecular complexity index is 846. The molecule has 0 amide bonds. The molecule has 2 nitrogen and oxygen atoms in total. The number of imidazole rings is 1. The molecule has 0 atom stereocenters. The van der Waals surface area contributed by atoms with Crippen molar-refractivity contribution in [2.24, 2.45) is 0 Å². The van der Waals surface area contributed by atoms with Crippen LogP contribution in [0.15, 0.2) is 30.3 Å². The standard InChI is InChI=1S/C14H7Cl2F3N2/c15-6-14-20-11-4-8(16)10(19)5-13(11)21(14)12-3-7(17)1-2-9(12)18/h1-5H,6H2. The fourth-order valence-corrected chi connectivity index (χ4v) is 2.48. The lowest BCUT2D eigenvalue weighted by atomic mass is 10.2. The predicted molar refractivity (Wildman–Crippen MR) is 75.5 cm³/mol. The van der Waals surface area contributed by atoms with Gasteiger partial charge in [0.05, 0.1) is 27.6 Å². The third kappa shape index (κ3) is 2.36. The van der Waals surface area contributed by atoms with Gasteiger partial charge >= 0.3 is 0 Å². The van der Waals surface area contributed by atoms with Crippen LogP contribution in [0.4, 0.5) is 13.2 Å². The van der Waals surface area contributed by atoms with Crippen LogP contribution in [0.1, 0.15) is 5.82 Å². The van der Waals surface area contributed by atoms with Gasteiger partial charge in [0.25, 0.3) is 0 Å². The number of hydrogen-bond acceptors (Lipinski definition) is 1. The zero-order valence-corrected chi connectivity index (χ0v) is 11.9. The van der Waals surface area contributed by atoms with E-state index in [1.807, 2.05) is 0 Å². The van der Waals surface area contributed by atoms with Gasteiger partial charge in [0, 0.05) is 12.1 Å². The number of nitrogens with zero attached hydrogens (tertiary/aromatic N) is 2. The Morgan fingerprint density at radius 1 is 1.05 bits per heavy atom. The van der Waals surface area contributed by atoms with Gasteiger partial charge in [-0.3, -0.25) is 4.57 Å². The smallest absolute Gasteiger partial charge is 0.147 e. The molecule has 0 saturated heterocycles. The third-order valence-electron chi connectivity index (χ3n) is 3.03. The van der Waals surface area contributed by atoms with Gasteiger partial charge in [-0.1, -0.05) is 11.6 Å². The number of rotatable bonds is 2. The average molecular weight is 331 g/mol. The van der Waals surface area contributed by atoms with Gasteiger partial charge < -0.3 is 0 Å². The Balaban J connectivity index is 2.40. The van der Waals surface area contributed by atoms with Gasteiger partial charge in [0.15, 0.2) is 0 Å². The molecule has 21 heavy (non-hydrogen) atoms. The Morgan fingerprint density at radius 3 is 2.52 bits per heavy atom. The highest BCUT2D eigenvalue weighted by atomic mass is 35.5. The van der Waals surface area contributed by atoms with Crippen molar-refractivity contribution in [1.29, 1.82) is 0 Å². The minimum Gasteiger partial charge on any atom is -0.292 e. The van der Waals surface area contributed by atoms with Crippen molar-refractivity contribution >= 4 is 34.2 Å². The first-order chi connectivity index (χ1) is 10.0. The van der Waals surface area contributed by atoms with E-state index in [1.165, 1.54) is 10.6 Å². The van der Waals surface area contributed by atoms with E-state index < -0.39 is 17.5 Å². The number of aromatic nitrogens is 2. The van der Waals surface area contributed by atoms with Crippen LogP contribution in [0, 0.1) is 17.5 Å². The minimum atomic E-state index is -0.678. The van der Waals surface area contributed by atoms with Crippen molar-refractivity contribution < 1.29 is 13.2 Å². The lowest BCUT2D eigenvalue weighted by Gasteiger charge is -2.09. The maximum absolute atomic E-state index is 14.0. The van der Waals surface area contributed by atoms with Crippen LogP contribution in [0.25, 0.3) is 16.7 Å². The van der Waals surface area contributed by atoms with Crippen molar-refractivity contribution in [3.63, 3.8) is 0 Å². The number of alkyl halides is 1. The van der Waals surface area contributed by atoms with Crippen LogP contribution < -0.4 is 0 Å².